The van der Waals surface area contributed by atoms with E-state index in [0.29, 0.717) is 18.9 Å². The van der Waals surface area contributed by atoms with Crippen LogP contribution in [-0.4, -0.2) is 31.4 Å². The van der Waals surface area contributed by atoms with Gasteiger partial charge in [-0.3, -0.25) is 0 Å². The molecule has 0 radical (unpaired) electrons. The third-order valence-electron chi connectivity index (χ3n) is 3.16. The summed E-state index contributed by atoms with van der Waals surface area (Å²) in [6.07, 6.45) is 0.687. The summed E-state index contributed by atoms with van der Waals surface area (Å²) in [7, 11) is 1.91. The van der Waals surface area contributed by atoms with Crippen molar-refractivity contribution in [3.63, 3.8) is 0 Å². The molecule has 1 N–H and O–H groups in total. The molecular weight excluding hydrogens is 288 g/mol. The van der Waals surface area contributed by atoms with Gasteiger partial charge < -0.3 is 9.84 Å². The van der Waals surface area contributed by atoms with E-state index in [1.54, 1.807) is 16.0 Å². The predicted octanol–water partition coefficient (Wildman–Crippen LogP) is 2.50. The molecule has 21 heavy (non-hydrogen) atoms. The number of nitrogens with zero attached hydrogens (tertiary/aromatic N) is 5. The van der Waals surface area contributed by atoms with Crippen molar-refractivity contribution in [3.8, 4) is 0 Å². The van der Waals surface area contributed by atoms with Crippen LogP contribution in [0, 0.1) is 6.92 Å². The number of fused-ring (bicyclic) bond motifs is 1. The summed E-state index contributed by atoms with van der Waals surface area (Å²) in [6, 6.07) is 0. The Morgan fingerprint density at radius 3 is 2.81 bits per heavy atom. The number of aromatic nitrogens is 5. The van der Waals surface area contributed by atoms with Crippen LogP contribution in [0.5, 0.6) is 0 Å². The second-order valence-electron chi connectivity index (χ2n) is 5.26. The van der Waals surface area contributed by atoms with Gasteiger partial charge in [-0.15, -0.1) is 0 Å². The molecule has 0 fully saturated rings. The van der Waals surface area contributed by atoms with E-state index in [-0.39, 0.29) is 5.92 Å². The Kier molecular flexibility index (Phi) is 3.62. The maximum absolute atomic E-state index is 5.21. The van der Waals surface area contributed by atoms with Crippen molar-refractivity contribution in [1.29, 1.82) is 0 Å². The largest absolute Gasteiger partial charge is 0.361 e. The van der Waals surface area contributed by atoms with Gasteiger partial charge >= 0.3 is 0 Å². The Balaban J connectivity index is 1.62. The molecule has 3 rings (SSSR count). The van der Waals surface area contributed by atoms with Crippen LogP contribution in [0.1, 0.15) is 37.2 Å². The van der Waals surface area contributed by atoms with Crippen molar-refractivity contribution < 1.29 is 4.52 Å². The van der Waals surface area contributed by atoms with Gasteiger partial charge in [0.25, 0.3) is 0 Å². The van der Waals surface area contributed by atoms with Crippen LogP contribution in [0.4, 0.5) is 5.13 Å². The summed E-state index contributed by atoms with van der Waals surface area (Å²) in [5, 5.41) is 12.5. The highest BCUT2D eigenvalue weighted by molar-refractivity contribution is 7.22. The highest BCUT2D eigenvalue weighted by atomic mass is 32.1. The average molecular weight is 306 g/mol. The third-order valence-corrected chi connectivity index (χ3v) is 4.27. The van der Waals surface area contributed by atoms with Gasteiger partial charge in [0.05, 0.1) is 10.4 Å². The summed E-state index contributed by atoms with van der Waals surface area (Å²) in [5.41, 5.74) is 1.93. The fourth-order valence-electron chi connectivity index (χ4n) is 2.04. The van der Waals surface area contributed by atoms with Crippen molar-refractivity contribution in [2.45, 2.75) is 33.1 Å². The zero-order valence-electron chi connectivity index (χ0n) is 12.5. The number of rotatable bonds is 5. The van der Waals surface area contributed by atoms with Crippen molar-refractivity contribution >= 4 is 26.8 Å². The summed E-state index contributed by atoms with van der Waals surface area (Å²) in [4.78, 5) is 8.89. The van der Waals surface area contributed by atoms with E-state index in [2.05, 4.69) is 25.5 Å². The molecule has 0 unspecified atom stereocenters. The first-order valence-electron chi connectivity index (χ1n) is 6.91. The number of nitrogens with one attached hydrogen (secondary N) is 1. The van der Waals surface area contributed by atoms with Gasteiger partial charge in [0.1, 0.15) is 0 Å². The highest BCUT2D eigenvalue weighted by Gasteiger charge is 2.12. The molecule has 3 heterocycles. The standard InChI is InChI=1S/C13H18N6OS/c1-7(2)11-15-9(20-18-11)5-6-14-13-16-12-10(21-13)8(3)17-19(12)4/h7H,5-6H2,1-4H3,(H,14,16). The molecule has 8 heteroatoms. The van der Waals surface area contributed by atoms with Gasteiger partial charge in [0.15, 0.2) is 16.6 Å². The number of anilines is 1. The first kappa shape index (κ1) is 14.0. The minimum atomic E-state index is 0.287. The number of aryl methyl sites for hydroxylation is 2. The molecule has 0 aliphatic carbocycles. The Hall–Kier alpha value is -1.96. The molecule has 0 saturated carbocycles. The SMILES string of the molecule is Cc1nn(C)c2nc(NCCc3nc(C(C)C)no3)sc12. The number of thiazole rings is 1. The third kappa shape index (κ3) is 2.76. The Morgan fingerprint density at radius 2 is 2.14 bits per heavy atom. The zero-order valence-corrected chi connectivity index (χ0v) is 13.4. The summed E-state index contributed by atoms with van der Waals surface area (Å²) >= 11 is 1.62. The van der Waals surface area contributed by atoms with Crippen LogP contribution in [-0.2, 0) is 13.5 Å². The normalized spacial score (nSPS) is 11.7. The summed E-state index contributed by atoms with van der Waals surface area (Å²) in [6.45, 7) is 6.80. The maximum Gasteiger partial charge on any atom is 0.228 e. The Labute approximate surface area is 126 Å². The zero-order chi connectivity index (χ0) is 15.0. The highest BCUT2D eigenvalue weighted by Crippen LogP contribution is 2.27. The molecule has 0 saturated heterocycles. The molecule has 0 spiro atoms. The van der Waals surface area contributed by atoms with E-state index in [0.717, 1.165) is 27.0 Å². The quantitative estimate of drug-likeness (QED) is 0.780. The molecule has 0 bridgehead atoms. The van der Waals surface area contributed by atoms with E-state index in [9.17, 15) is 0 Å². The maximum atomic E-state index is 5.21. The van der Waals surface area contributed by atoms with Crippen LogP contribution in [0.25, 0.3) is 10.3 Å². The van der Waals surface area contributed by atoms with Crippen molar-refractivity contribution in [1.82, 2.24) is 24.9 Å². The molecule has 0 amide bonds. The molecular formula is C13H18N6OS. The smallest absolute Gasteiger partial charge is 0.228 e. The fraction of sp³-hybridized carbons (Fsp3) is 0.538. The first-order chi connectivity index (χ1) is 10.0. The van der Waals surface area contributed by atoms with Crippen molar-refractivity contribution in [3.05, 3.63) is 17.4 Å². The molecule has 3 aromatic heterocycles. The Morgan fingerprint density at radius 1 is 1.33 bits per heavy atom. The average Bonchev–Trinajstić information content (AvgIpc) is 3.09. The van der Waals surface area contributed by atoms with E-state index in [1.807, 2.05) is 27.8 Å². The van der Waals surface area contributed by atoms with Gasteiger partial charge in [0.2, 0.25) is 5.89 Å². The summed E-state index contributed by atoms with van der Waals surface area (Å²) in [5.74, 6) is 1.70. The van der Waals surface area contributed by atoms with Gasteiger partial charge in [-0.05, 0) is 6.92 Å². The van der Waals surface area contributed by atoms with Crippen molar-refractivity contribution in [2.75, 3.05) is 11.9 Å². The van der Waals surface area contributed by atoms with Crippen LogP contribution >= 0.6 is 11.3 Å². The van der Waals surface area contributed by atoms with E-state index in [1.165, 1.54) is 0 Å². The minimum Gasteiger partial charge on any atom is -0.361 e. The Bertz CT molecular complexity index is 721. The fourth-order valence-corrected chi connectivity index (χ4v) is 3.00. The molecule has 7 nitrogen and oxygen atoms in total. The van der Waals surface area contributed by atoms with Gasteiger partial charge in [0, 0.05) is 25.9 Å². The van der Waals surface area contributed by atoms with Crippen LogP contribution < -0.4 is 5.32 Å². The number of hydrogen-bond acceptors (Lipinski definition) is 7. The predicted molar refractivity (Wildman–Crippen MR) is 81.7 cm³/mol. The first-order valence-corrected chi connectivity index (χ1v) is 7.72. The molecule has 3 aromatic rings. The van der Waals surface area contributed by atoms with Crippen LogP contribution in [0.3, 0.4) is 0 Å². The van der Waals surface area contributed by atoms with Gasteiger partial charge in [-0.1, -0.05) is 30.3 Å². The number of hydrogen-bond donors (Lipinski definition) is 1. The minimum absolute atomic E-state index is 0.287. The molecule has 0 aromatic carbocycles. The van der Waals surface area contributed by atoms with Gasteiger partial charge in [-0.2, -0.15) is 10.1 Å². The van der Waals surface area contributed by atoms with Crippen LogP contribution in [0.15, 0.2) is 4.52 Å². The topological polar surface area (TPSA) is 81.7 Å². The lowest BCUT2D eigenvalue weighted by Gasteiger charge is -1.98. The van der Waals surface area contributed by atoms with E-state index in [4.69, 9.17) is 4.52 Å². The van der Waals surface area contributed by atoms with Crippen molar-refractivity contribution in [2.24, 2.45) is 7.05 Å². The monoisotopic (exact) mass is 306 g/mol. The van der Waals surface area contributed by atoms with E-state index < -0.39 is 0 Å². The molecule has 0 aliphatic rings. The lowest BCUT2D eigenvalue weighted by atomic mass is 10.2. The van der Waals surface area contributed by atoms with Crippen LogP contribution in [0.2, 0.25) is 0 Å². The molecule has 112 valence electrons. The van der Waals surface area contributed by atoms with Gasteiger partial charge in [-0.25, -0.2) is 9.67 Å². The summed E-state index contributed by atoms with van der Waals surface area (Å²) < 4.78 is 8.14. The molecule has 0 atom stereocenters. The molecule has 0 aliphatic heterocycles. The lowest BCUT2D eigenvalue weighted by Crippen LogP contribution is -2.05. The van der Waals surface area contributed by atoms with E-state index >= 15 is 0 Å². The second-order valence-corrected chi connectivity index (χ2v) is 6.26. The lowest BCUT2D eigenvalue weighted by molar-refractivity contribution is 0.373. The second kappa shape index (κ2) is 5.44.